The highest BCUT2D eigenvalue weighted by Gasteiger charge is 2.21. The number of hydrogen-bond donors (Lipinski definition) is 1. The molecular formula is C12H24N2O2. The van der Waals surface area contributed by atoms with Crippen molar-refractivity contribution in [3.63, 3.8) is 0 Å². The molecule has 0 aromatic heterocycles. The van der Waals surface area contributed by atoms with Gasteiger partial charge in [0.15, 0.2) is 0 Å². The van der Waals surface area contributed by atoms with Gasteiger partial charge in [-0.2, -0.15) is 0 Å². The van der Waals surface area contributed by atoms with Crippen LogP contribution in [0.15, 0.2) is 0 Å². The fraction of sp³-hybridized carbons (Fsp3) is 0.917. The summed E-state index contributed by atoms with van der Waals surface area (Å²) in [7, 11) is 0. The quantitative estimate of drug-likeness (QED) is 0.690. The summed E-state index contributed by atoms with van der Waals surface area (Å²) in [4.78, 5) is 13.7. The largest absolute Gasteiger partial charge is 0.381 e. The Hall–Kier alpha value is -0.610. The van der Waals surface area contributed by atoms with Crippen molar-refractivity contribution in [2.45, 2.75) is 32.6 Å². The second-order valence-corrected chi connectivity index (χ2v) is 4.42. The first-order valence-electron chi connectivity index (χ1n) is 6.33. The van der Waals surface area contributed by atoms with Gasteiger partial charge in [0, 0.05) is 19.7 Å². The number of carbonyl (C=O) groups is 1. The fourth-order valence-corrected chi connectivity index (χ4v) is 1.98. The van der Waals surface area contributed by atoms with E-state index in [2.05, 4.69) is 6.92 Å². The van der Waals surface area contributed by atoms with E-state index in [1.807, 2.05) is 4.90 Å². The van der Waals surface area contributed by atoms with E-state index in [1.165, 1.54) is 0 Å². The van der Waals surface area contributed by atoms with Gasteiger partial charge < -0.3 is 15.4 Å². The maximum absolute atomic E-state index is 11.8. The molecule has 1 aliphatic heterocycles. The molecule has 0 bridgehead atoms. The number of likely N-dealkylation sites (tertiary alicyclic amines) is 1. The Kier molecular flexibility index (Phi) is 6.42. The summed E-state index contributed by atoms with van der Waals surface area (Å²) in [5.74, 6) is 0.840. The molecule has 0 saturated carbocycles. The fourth-order valence-electron chi connectivity index (χ4n) is 1.98. The molecule has 1 saturated heterocycles. The van der Waals surface area contributed by atoms with Crippen LogP contribution in [0.4, 0.5) is 0 Å². The maximum atomic E-state index is 11.8. The van der Waals surface area contributed by atoms with E-state index < -0.39 is 0 Å². The van der Waals surface area contributed by atoms with Crippen molar-refractivity contribution in [3.8, 4) is 0 Å². The molecule has 16 heavy (non-hydrogen) atoms. The SMILES string of the molecule is CCCOCCC(=O)N1CCC(CN)CC1. The van der Waals surface area contributed by atoms with E-state index in [-0.39, 0.29) is 5.91 Å². The lowest BCUT2D eigenvalue weighted by atomic mass is 9.97. The highest BCUT2D eigenvalue weighted by atomic mass is 16.5. The minimum absolute atomic E-state index is 0.228. The number of carbonyl (C=O) groups excluding carboxylic acids is 1. The first kappa shape index (κ1) is 13.5. The highest BCUT2D eigenvalue weighted by Crippen LogP contribution is 2.16. The van der Waals surface area contributed by atoms with Crippen molar-refractivity contribution in [2.24, 2.45) is 11.7 Å². The molecule has 4 nitrogen and oxygen atoms in total. The molecule has 1 aliphatic rings. The summed E-state index contributed by atoms with van der Waals surface area (Å²) in [5, 5.41) is 0. The Morgan fingerprint density at radius 2 is 2.06 bits per heavy atom. The number of amides is 1. The lowest BCUT2D eigenvalue weighted by Gasteiger charge is -2.31. The second kappa shape index (κ2) is 7.63. The van der Waals surface area contributed by atoms with Gasteiger partial charge >= 0.3 is 0 Å². The molecule has 0 aromatic rings. The standard InChI is InChI=1S/C12H24N2O2/c1-2-8-16-9-5-12(15)14-6-3-11(10-13)4-7-14/h11H,2-10,13H2,1H3. The second-order valence-electron chi connectivity index (χ2n) is 4.42. The molecule has 1 heterocycles. The average Bonchev–Trinajstić information content (AvgIpc) is 2.34. The molecule has 0 atom stereocenters. The van der Waals surface area contributed by atoms with Crippen molar-refractivity contribution in [2.75, 3.05) is 32.8 Å². The van der Waals surface area contributed by atoms with Gasteiger partial charge in [0.05, 0.1) is 13.0 Å². The first-order chi connectivity index (χ1) is 7.77. The number of hydrogen-bond acceptors (Lipinski definition) is 3. The van der Waals surface area contributed by atoms with Crippen LogP contribution in [0.1, 0.15) is 32.6 Å². The number of nitrogens with two attached hydrogens (primary N) is 1. The van der Waals surface area contributed by atoms with Crippen molar-refractivity contribution in [3.05, 3.63) is 0 Å². The molecule has 0 unspecified atom stereocenters. The van der Waals surface area contributed by atoms with Crippen molar-refractivity contribution in [1.82, 2.24) is 4.90 Å². The third kappa shape index (κ3) is 4.49. The van der Waals surface area contributed by atoms with Crippen molar-refractivity contribution in [1.29, 1.82) is 0 Å². The van der Waals surface area contributed by atoms with Gasteiger partial charge in [0.25, 0.3) is 0 Å². The number of piperidine rings is 1. The molecule has 0 radical (unpaired) electrons. The Labute approximate surface area is 98.1 Å². The Balaban J connectivity index is 2.13. The van der Waals surface area contributed by atoms with E-state index in [1.54, 1.807) is 0 Å². The molecule has 1 amide bonds. The van der Waals surface area contributed by atoms with Gasteiger partial charge in [-0.1, -0.05) is 6.92 Å². The van der Waals surface area contributed by atoms with Crippen LogP contribution in [0.3, 0.4) is 0 Å². The predicted octanol–water partition coefficient (Wildman–Crippen LogP) is 1.00. The summed E-state index contributed by atoms with van der Waals surface area (Å²) in [6.07, 6.45) is 3.64. The lowest BCUT2D eigenvalue weighted by Crippen LogP contribution is -2.40. The molecule has 0 aromatic carbocycles. The predicted molar refractivity (Wildman–Crippen MR) is 64.1 cm³/mol. The molecule has 1 fully saturated rings. The summed E-state index contributed by atoms with van der Waals surface area (Å²) < 4.78 is 5.32. The van der Waals surface area contributed by atoms with Crippen LogP contribution >= 0.6 is 0 Å². The number of ether oxygens (including phenoxy) is 1. The number of rotatable bonds is 6. The van der Waals surface area contributed by atoms with Crippen LogP contribution in [-0.4, -0.2) is 43.7 Å². The van der Waals surface area contributed by atoms with Crippen LogP contribution < -0.4 is 5.73 Å². The average molecular weight is 228 g/mol. The molecular weight excluding hydrogens is 204 g/mol. The van der Waals surface area contributed by atoms with Crippen LogP contribution in [0.25, 0.3) is 0 Å². The van der Waals surface area contributed by atoms with E-state index in [9.17, 15) is 4.79 Å². The minimum Gasteiger partial charge on any atom is -0.381 e. The normalized spacial score (nSPS) is 17.8. The van der Waals surface area contributed by atoms with Gasteiger partial charge in [0.2, 0.25) is 5.91 Å². The summed E-state index contributed by atoms with van der Waals surface area (Å²) >= 11 is 0. The van der Waals surface area contributed by atoms with E-state index in [0.717, 1.165) is 45.5 Å². The monoisotopic (exact) mass is 228 g/mol. The third-order valence-electron chi connectivity index (χ3n) is 3.11. The minimum atomic E-state index is 0.228. The van der Waals surface area contributed by atoms with Crippen LogP contribution in [0, 0.1) is 5.92 Å². The van der Waals surface area contributed by atoms with E-state index in [4.69, 9.17) is 10.5 Å². The Morgan fingerprint density at radius 1 is 1.38 bits per heavy atom. The van der Waals surface area contributed by atoms with Crippen LogP contribution in [0.2, 0.25) is 0 Å². The van der Waals surface area contributed by atoms with Crippen LogP contribution in [-0.2, 0) is 9.53 Å². The molecule has 94 valence electrons. The molecule has 1 rings (SSSR count). The van der Waals surface area contributed by atoms with Gasteiger partial charge in [-0.15, -0.1) is 0 Å². The molecule has 2 N–H and O–H groups in total. The van der Waals surface area contributed by atoms with Crippen molar-refractivity contribution < 1.29 is 9.53 Å². The van der Waals surface area contributed by atoms with Gasteiger partial charge in [-0.3, -0.25) is 4.79 Å². The van der Waals surface area contributed by atoms with E-state index in [0.29, 0.717) is 18.9 Å². The molecule has 0 aliphatic carbocycles. The van der Waals surface area contributed by atoms with Gasteiger partial charge in [-0.25, -0.2) is 0 Å². The lowest BCUT2D eigenvalue weighted by molar-refractivity contribution is -0.133. The number of nitrogens with zero attached hydrogens (tertiary/aromatic N) is 1. The summed E-state index contributed by atoms with van der Waals surface area (Å²) in [6, 6.07) is 0. The zero-order chi connectivity index (χ0) is 11.8. The van der Waals surface area contributed by atoms with Gasteiger partial charge in [0.1, 0.15) is 0 Å². The molecule has 0 spiro atoms. The zero-order valence-electron chi connectivity index (χ0n) is 10.3. The Bertz CT molecular complexity index is 201. The Morgan fingerprint density at radius 3 is 2.62 bits per heavy atom. The maximum Gasteiger partial charge on any atom is 0.224 e. The summed E-state index contributed by atoms with van der Waals surface area (Å²) in [6.45, 7) is 5.87. The van der Waals surface area contributed by atoms with Crippen LogP contribution in [0.5, 0.6) is 0 Å². The molecule has 4 heteroatoms. The van der Waals surface area contributed by atoms with Gasteiger partial charge in [-0.05, 0) is 31.7 Å². The first-order valence-corrected chi connectivity index (χ1v) is 6.33. The van der Waals surface area contributed by atoms with E-state index >= 15 is 0 Å². The summed E-state index contributed by atoms with van der Waals surface area (Å²) in [5.41, 5.74) is 5.61. The third-order valence-corrected chi connectivity index (χ3v) is 3.11. The smallest absolute Gasteiger partial charge is 0.224 e. The zero-order valence-corrected chi connectivity index (χ0v) is 10.3. The highest BCUT2D eigenvalue weighted by molar-refractivity contribution is 5.76. The van der Waals surface area contributed by atoms with Crippen molar-refractivity contribution >= 4 is 5.91 Å². The topological polar surface area (TPSA) is 55.6 Å².